The second kappa shape index (κ2) is 6.52. The van der Waals surface area contributed by atoms with Gasteiger partial charge < -0.3 is 5.32 Å². The third kappa shape index (κ3) is 3.79. The lowest BCUT2D eigenvalue weighted by Gasteiger charge is -2.36. The molecule has 0 aliphatic heterocycles. The van der Waals surface area contributed by atoms with E-state index in [1.54, 1.807) is 0 Å². The molecule has 1 saturated carbocycles. The highest BCUT2D eigenvalue weighted by Crippen LogP contribution is 2.35. The summed E-state index contributed by atoms with van der Waals surface area (Å²) >= 11 is 0. The van der Waals surface area contributed by atoms with Crippen molar-refractivity contribution in [2.24, 2.45) is 17.8 Å². The van der Waals surface area contributed by atoms with Crippen LogP contribution in [-0.2, 0) is 0 Å². The van der Waals surface area contributed by atoms with Crippen molar-refractivity contribution in [1.29, 1.82) is 0 Å². The van der Waals surface area contributed by atoms with Gasteiger partial charge in [-0.3, -0.25) is 0 Å². The van der Waals surface area contributed by atoms with Crippen molar-refractivity contribution in [3.05, 3.63) is 0 Å². The molecule has 1 aliphatic carbocycles. The summed E-state index contributed by atoms with van der Waals surface area (Å²) in [6, 6.07) is 0.775. The largest absolute Gasteiger partial charge is 0.314 e. The maximum atomic E-state index is 3.66. The predicted octanol–water partition coefficient (Wildman–Crippen LogP) is 3.84. The van der Waals surface area contributed by atoms with E-state index < -0.39 is 0 Å². The van der Waals surface area contributed by atoms with Gasteiger partial charge in [-0.05, 0) is 43.6 Å². The molecule has 0 aromatic carbocycles. The van der Waals surface area contributed by atoms with Crippen molar-refractivity contribution in [1.82, 2.24) is 5.32 Å². The Kier molecular flexibility index (Phi) is 5.66. The molecule has 0 heterocycles. The van der Waals surface area contributed by atoms with Crippen LogP contribution >= 0.6 is 0 Å². The highest BCUT2D eigenvalue weighted by molar-refractivity contribution is 4.82. The summed E-state index contributed by atoms with van der Waals surface area (Å²) in [6.07, 6.45) is 7.13. The molecule has 1 heteroatoms. The van der Waals surface area contributed by atoms with Gasteiger partial charge in [-0.25, -0.2) is 0 Å². The number of hydrogen-bond acceptors (Lipinski definition) is 1. The molecule has 0 radical (unpaired) electrons. The quantitative estimate of drug-likeness (QED) is 0.728. The van der Waals surface area contributed by atoms with Crippen LogP contribution in [0.4, 0.5) is 0 Å². The van der Waals surface area contributed by atoms with Crippen LogP contribution in [-0.4, -0.2) is 12.6 Å². The van der Waals surface area contributed by atoms with E-state index in [4.69, 9.17) is 0 Å². The monoisotopic (exact) mass is 211 g/mol. The Hall–Kier alpha value is -0.0400. The Balaban J connectivity index is 2.46. The molecule has 90 valence electrons. The molecule has 0 aromatic rings. The zero-order chi connectivity index (χ0) is 11.3. The zero-order valence-corrected chi connectivity index (χ0v) is 11.1. The summed E-state index contributed by atoms with van der Waals surface area (Å²) in [7, 11) is 0. The van der Waals surface area contributed by atoms with Crippen molar-refractivity contribution in [2.75, 3.05) is 6.54 Å². The minimum atomic E-state index is 0.775. The van der Waals surface area contributed by atoms with Gasteiger partial charge in [0.25, 0.3) is 0 Å². The van der Waals surface area contributed by atoms with Crippen molar-refractivity contribution in [2.45, 2.75) is 65.8 Å². The van der Waals surface area contributed by atoms with E-state index in [0.717, 1.165) is 30.3 Å². The fraction of sp³-hybridized carbons (Fsp3) is 1.00. The van der Waals surface area contributed by atoms with Gasteiger partial charge in [0.1, 0.15) is 0 Å². The first-order chi connectivity index (χ1) is 7.19. The fourth-order valence-corrected chi connectivity index (χ4v) is 3.14. The van der Waals surface area contributed by atoms with Crippen LogP contribution in [0.2, 0.25) is 0 Å². The summed E-state index contributed by atoms with van der Waals surface area (Å²) < 4.78 is 0. The minimum Gasteiger partial charge on any atom is -0.314 e. The standard InChI is InChI=1S/C14H29N/c1-5-14(15-6-2)13-9-7-8-12(10-13)11(3)4/h11-15H,5-10H2,1-4H3. The van der Waals surface area contributed by atoms with Crippen molar-refractivity contribution < 1.29 is 0 Å². The maximum absolute atomic E-state index is 3.66. The molecule has 1 nitrogen and oxygen atoms in total. The summed E-state index contributed by atoms with van der Waals surface area (Å²) in [6.45, 7) is 10.5. The molecular weight excluding hydrogens is 182 g/mol. The van der Waals surface area contributed by atoms with Crippen LogP contribution in [0.25, 0.3) is 0 Å². The highest BCUT2D eigenvalue weighted by Gasteiger charge is 2.28. The molecule has 3 atom stereocenters. The molecule has 1 fully saturated rings. The predicted molar refractivity (Wildman–Crippen MR) is 68.0 cm³/mol. The zero-order valence-electron chi connectivity index (χ0n) is 11.1. The number of hydrogen-bond donors (Lipinski definition) is 1. The summed E-state index contributed by atoms with van der Waals surface area (Å²) in [4.78, 5) is 0. The van der Waals surface area contributed by atoms with Gasteiger partial charge >= 0.3 is 0 Å². The SMILES string of the molecule is CCNC(CC)C1CCCC(C(C)C)C1. The first-order valence-electron chi connectivity index (χ1n) is 6.92. The number of rotatable bonds is 5. The van der Waals surface area contributed by atoms with Gasteiger partial charge in [-0.15, -0.1) is 0 Å². The fourth-order valence-electron chi connectivity index (χ4n) is 3.14. The molecule has 1 aliphatic rings. The first-order valence-corrected chi connectivity index (χ1v) is 6.92. The molecule has 0 saturated heterocycles. The van der Waals surface area contributed by atoms with Crippen LogP contribution in [0.15, 0.2) is 0 Å². The Bertz CT molecular complexity index is 165. The lowest BCUT2D eigenvalue weighted by atomic mass is 9.73. The second-order valence-electron chi connectivity index (χ2n) is 5.50. The maximum Gasteiger partial charge on any atom is 0.00926 e. The molecule has 0 bridgehead atoms. The second-order valence-corrected chi connectivity index (χ2v) is 5.50. The average molecular weight is 211 g/mol. The van der Waals surface area contributed by atoms with Gasteiger partial charge in [-0.2, -0.15) is 0 Å². The van der Waals surface area contributed by atoms with Crippen LogP contribution in [0.3, 0.4) is 0 Å². The van der Waals surface area contributed by atoms with Crippen LogP contribution in [0.1, 0.15) is 59.8 Å². The molecule has 1 N–H and O–H groups in total. The van der Waals surface area contributed by atoms with Gasteiger partial charge in [0.2, 0.25) is 0 Å². The molecule has 0 spiro atoms. The van der Waals surface area contributed by atoms with E-state index >= 15 is 0 Å². The van der Waals surface area contributed by atoms with Crippen LogP contribution in [0, 0.1) is 17.8 Å². The van der Waals surface area contributed by atoms with Crippen LogP contribution < -0.4 is 5.32 Å². The third-order valence-corrected chi connectivity index (χ3v) is 4.17. The topological polar surface area (TPSA) is 12.0 Å². The molecule has 15 heavy (non-hydrogen) atoms. The Morgan fingerprint density at radius 2 is 1.80 bits per heavy atom. The van der Waals surface area contributed by atoms with Gasteiger partial charge in [0, 0.05) is 6.04 Å². The third-order valence-electron chi connectivity index (χ3n) is 4.17. The Morgan fingerprint density at radius 3 is 2.33 bits per heavy atom. The van der Waals surface area contributed by atoms with E-state index in [1.807, 2.05) is 0 Å². The van der Waals surface area contributed by atoms with Gasteiger partial charge in [0.15, 0.2) is 0 Å². The van der Waals surface area contributed by atoms with E-state index in [0.29, 0.717) is 0 Å². The van der Waals surface area contributed by atoms with E-state index in [-0.39, 0.29) is 0 Å². The highest BCUT2D eigenvalue weighted by atomic mass is 14.9. The van der Waals surface area contributed by atoms with E-state index in [9.17, 15) is 0 Å². The Labute approximate surface area is 96.0 Å². The van der Waals surface area contributed by atoms with Crippen LogP contribution in [0.5, 0.6) is 0 Å². The summed E-state index contributed by atoms with van der Waals surface area (Å²) in [5.74, 6) is 2.81. The van der Waals surface area contributed by atoms with Crippen molar-refractivity contribution in [3.8, 4) is 0 Å². The average Bonchev–Trinajstić information content (AvgIpc) is 2.26. The summed E-state index contributed by atoms with van der Waals surface area (Å²) in [5.41, 5.74) is 0. The smallest absolute Gasteiger partial charge is 0.00926 e. The first kappa shape index (κ1) is 13.0. The molecule has 0 aromatic heterocycles. The van der Waals surface area contributed by atoms with E-state index in [1.165, 1.54) is 32.1 Å². The van der Waals surface area contributed by atoms with Crippen molar-refractivity contribution >= 4 is 0 Å². The Morgan fingerprint density at radius 1 is 1.13 bits per heavy atom. The molecule has 0 amide bonds. The van der Waals surface area contributed by atoms with E-state index in [2.05, 4.69) is 33.0 Å². The normalized spacial score (nSPS) is 29.4. The lowest BCUT2D eigenvalue weighted by molar-refractivity contribution is 0.175. The van der Waals surface area contributed by atoms with Crippen molar-refractivity contribution in [3.63, 3.8) is 0 Å². The molecule has 3 unspecified atom stereocenters. The van der Waals surface area contributed by atoms with Gasteiger partial charge in [-0.1, -0.05) is 40.5 Å². The lowest BCUT2D eigenvalue weighted by Crippen LogP contribution is -2.38. The molecule has 1 rings (SSSR count). The summed E-state index contributed by atoms with van der Waals surface area (Å²) in [5, 5.41) is 3.66. The van der Waals surface area contributed by atoms with Gasteiger partial charge in [0.05, 0.1) is 0 Å². The molecular formula is C14H29N. The minimum absolute atomic E-state index is 0.775. The number of nitrogens with one attached hydrogen (secondary N) is 1.